The molecule has 27 heavy (non-hydrogen) atoms. The number of ether oxygens (including phenoxy) is 1. The standard InChI is InChI=1S/C17H22N4O5S/c1-11-19-17(26-20-11)15-8-7-14(25-15)10-21(27(2,23)24)9-12-3-5-13(6-4-12)16(18)22/h3-6,14-15H,7-10H2,1-2H3,(H2,18,22)/t14-,15+/m1/s1. The van der Waals surface area contributed by atoms with Crippen LogP contribution in [0.25, 0.3) is 0 Å². The number of benzene rings is 1. The number of rotatable bonds is 7. The van der Waals surface area contributed by atoms with Gasteiger partial charge < -0.3 is 15.0 Å². The molecule has 0 unspecified atom stereocenters. The normalized spacial score (nSPS) is 20.3. The lowest BCUT2D eigenvalue weighted by atomic mass is 10.1. The van der Waals surface area contributed by atoms with Crippen LogP contribution in [-0.2, 0) is 21.3 Å². The Hall–Kier alpha value is -2.30. The lowest BCUT2D eigenvalue weighted by Gasteiger charge is -2.23. The van der Waals surface area contributed by atoms with Gasteiger partial charge in [-0.05, 0) is 37.5 Å². The van der Waals surface area contributed by atoms with Gasteiger partial charge in [0.15, 0.2) is 5.82 Å². The van der Waals surface area contributed by atoms with Gasteiger partial charge in [0.05, 0.1) is 12.4 Å². The predicted molar refractivity (Wildman–Crippen MR) is 96.1 cm³/mol. The first-order chi connectivity index (χ1) is 12.7. The van der Waals surface area contributed by atoms with Crippen molar-refractivity contribution in [3.63, 3.8) is 0 Å². The summed E-state index contributed by atoms with van der Waals surface area (Å²) < 4.78 is 36.8. The SMILES string of the molecule is Cc1noc([C@@H]2CC[C@H](CN(Cc3ccc(C(N)=O)cc3)S(C)(=O)=O)O2)n1. The molecule has 2 N–H and O–H groups in total. The number of hydrogen-bond acceptors (Lipinski definition) is 7. The van der Waals surface area contributed by atoms with Crippen molar-refractivity contribution in [3.05, 3.63) is 47.1 Å². The van der Waals surface area contributed by atoms with Crippen molar-refractivity contribution in [2.75, 3.05) is 12.8 Å². The van der Waals surface area contributed by atoms with Gasteiger partial charge >= 0.3 is 0 Å². The smallest absolute Gasteiger partial charge is 0.255 e. The van der Waals surface area contributed by atoms with Crippen molar-refractivity contribution >= 4 is 15.9 Å². The van der Waals surface area contributed by atoms with E-state index in [4.69, 9.17) is 15.0 Å². The molecule has 1 aromatic carbocycles. The summed E-state index contributed by atoms with van der Waals surface area (Å²) in [5.41, 5.74) is 6.36. The average Bonchev–Trinajstić information content (AvgIpc) is 3.23. The van der Waals surface area contributed by atoms with E-state index in [0.717, 1.165) is 5.56 Å². The minimum absolute atomic E-state index is 0.183. The molecule has 146 valence electrons. The Morgan fingerprint density at radius 3 is 2.56 bits per heavy atom. The van der Waals surface area contributed by atoms with E-state index >= 15 is 0 Å². The molecule has 1 aromatic heterocycles. The van der Waals surface area contributed by atoms with Crippen molar-refractivity contribution in [1.82, 2.24) is 14.4 Å². The van der Waals surface area contributed by atoms with E-state index in [1.54, 1.807) is 31.2 Å². The van der Waals surface area contributed by atoms with Crippen LogP contribution in [0.2, 0.25) is 0 Å². The molecule has 10 heteroatoms. The molecule has 3 rings (SSSR count). The number of carbonyl (C=O) groups is 1. The molecule has 2 atom stereocenters. The summed E-state index contributed by atoms with van der Waals surface area (Å²) in [4.78, 5) is 15.3. The second-order valence-electron chi connectivity index (χ2n) is 6.62. The van der Waals surface area contributed by atoms with Gasteiger partial charge in [0, 0.05) is 18.7 Å². The molecule has 1 aliphatic heterocycles. The Kier molecular flexibility index (Phi) is 5.59. The van der Waals surface area contributed by atoms with Crippen LogP contribution in [-0.4, -0.2) is 47.7 Å². The number of carbonyl (C=O) groups excluding carboxylic acids is 1. The molecule has 0 aliphatic carbocycles. The zero-order chi connectivity index (χ0) is 19.6. The van der Waals surface area contributed by atoms with Gasteiger partial charge in [0.2, 0.25) is 15.9 Å². The summed E-state index contributed by atoms with van der Waals surface area (Å²) in [5.74, 6) is 0.431. The quantitative estimate of drug-likeness (QED) is 0.746. The zero-order valence-corrected chi connectivity index (χ0v) is 16.0. The Labute approximate surface area is 157 Å². The molecule has 0 radical (unpaired) electrons. The summed E-state index contributed by atoms with van der Waals surface area (Å²) in [5, 5.41) is 3.76. The molecule has 0 bridgehead atoms. The van der Waals surface area contributed by atoms with Gasteiger partial charge in [0.25, 0.3) is 5.89 Å². The van der Waals surface area contributed by atoms with Crippen LogP contribution in [0.1, 0.15) is 46.6 Å². The number of hydrogen-bond donors (Lipinski definition) is 1. The molecule has 1 saturated heterocycles. The molecule has 1 fully saturated rings. The Bertz CT molecular complexity index is 910. The van der Waals surface area contributed by atoms with Gasteiger partial charge in [0.1, 0.15) is 6.10 Å². The van der Waals surface area contributed by atoms with E-state index in [2.05, 4.69) is 10.1 Å². The van der Waals surface area contributed by atoms with Crippen molar-refractivity contribution < 1.29 is 22.5 Å². The molecule has 1 amide bonds. The Balaban J connectivity index is 1.66. The van der Waals surface area contributed by atoms with Crippen molar-refractivity contribution in [3.8, 4) is 0 Å². The monoisotopic (exact) mass is 394 g/mol. The minimum atomic E-state index is -3.44. The molecule has 0 spiro atoms. The highest BCUT2D eigenvalue weighted by Gasteiger charge is 2.33. The first kappa shape index (κ1) is 19.5. The summed E-state index contributed by atoms with van der Waals surface area (Å²) in [7, 11) is -3.44. The van der Waals surface area contributed by atoms with Crippen LogP contribution >= 0.6 is 0 Å². The Morgan fingerprint density at radius 2 is 2.00 bits per heavy atom. The summed E-state index contributed by atoms with van der Waals surface area (Å²) in [6.45, 7) is 2.14. The third-order valence-corrected chi connectivity index (χ3v) is 5.62. The van der Waals surface area contributed by atoms with E-state index < -0.39 is 15.9 Å². The minimum Gasteiger partial charge on any atom is -0.366 e. The largest absolute Gasteiger partial charge is 0.366 e. The van der Waals surface area contributed by atoms with E-state index in [9.17, 15) is 13.2 Å². The van der Waals surface area contributed by atoms with Crippen LogP contribution < -0.4 is 5.73 Å². The summed E-state index contributed by atoms with van der Waals surface area (Å²) in [6.07, 6.45) is 1.98. The third kappa shape index (κ3) is 4.90. The number of aryl methyl sites for hydroxylation is 1. The highest BCUT2D eigenvalue weighted by molar-refractivity contribution is 7.88. The second-order valence-corrected chi connectivity index (χ2v) is 8.60. The second kappa shape index (κ2) is 7.75. The number of aromatic nitrogens is 2. The zero-order valence-electron chi connectivity index (χ0n) is 15.2. The highest BCUT2D eigenvalue weighted by atomic mass is 32.2. The maximum atomic E-state index is 12.2. The number of primary amides is 1. The number of nitrogens with zero attached hydrogens (tertiary/aromatic N) is 3. The molecule has 2 aromatic rings. The van der Waals surface area contributed by atoms with E-state index in [-0.39, 0.29) is 25.3 Å². The van der Waals surface area contributed by atoms with E-state index in [0.29, 0.717) is 30.1 Å². The fourth-order valence-corrected chi connectivity index (χ4v) is 3.81. The van der Waals surface area contributed by atoms with E-state index in [1.807, 2.05) is 0 Å². The summed E-state index contributed by atoms with van der Waals surface area (Å²) >= 11 is 0. The Morgan fingerprint density at radius 1 is 1.30 bits per heavy atom. The fourth-order valence-electron chi connectivity index (χ4n) is 2.99. The van der Waals surface area contributed by atoms with Crippen LogP contribution in [0.4, 0.5) is 0 Å². The lowest BCUT2D eigenvalue weighted by Crippen LogP contribution is -2.36. The average molecular weight is 394 g/mol. The molecule has 0 saturated carbocycles. The van der Waals surface area contributed by atoms with Crippen LogP contribution in [0.15, 0.2) is 28.8 Å². The van der Waals surface area contributed by atoms with Crippen LogP contribution in [0, 0.1) is 6.92 Å². The van der Waals surface area contributed by atoms with E-state index in [1.165, 1.54) is 10.6 Å². The predicted octanol–water partition coefficient (Wildman–Crippen LogP) is 1.16. The number of amides is 1. The molecule has 9 nitrogen and oxygen atoms in total. The van der Waals surface area contributed by atoms with Crippen molar-refractivity contribution in [2.24, 2.45) is 5.73 Å². The van der Waals surface area contributed by atoms with Crippen LogP contribution in [0.5, 0.6) is 0 Å². The molecule has 1 aliphatic rings. The number of nitrogens with two attached hydrogens (primary N) is 1. The first-order valence-corrected chi connectivity index (χ1v) is 10.4. The molecule has 2 heterocycles. The molecular formula is C17H22N4O5S. The topological polar surface area (TPSA) is 129 Å². The first-order valence-electron chi connectivity index (χ1n) is 8.52. The lowest BCUT2D eigenvalue weighted by molar-refractivity contribution is 0.0172. The maximum Gasteiger partial charge on any atom is 0.255 e. The van der Waals surface area contributed by atoms with Crippen molar-refractivity contribution in [2.45, 2.75) is 38.5 Å². The summed E-state index contributed by atoms with van der Waals surface area (Å²) in [6, 6.07) is 6.55. The fraction of sp³-hybridized carbons (Fsp3) is 0.471. The van der Waals surface area contributed by atoms with Crippen molar-refractivity contribution in [1.29, 1.82) is 0 Å². The highest BCUT2D eigenvalue weighted by Crippen LogP contribution is 2.32. The van der Waals surface area contributed by atoms with Gasteiger partial charge in [-0.1, -0.05) is 17.3 Å². The molecular weight excluding hydrogens is 372 g/mol. The van der Waals surface area contributed by atoms with Crippen LogP contribution in [0.3, 0.4) is 0 Å². The van der Waals surface area contributed by atoms with Gasteiger partial charge in [-0.25, -0.2) is 8.42 Å². The number of sulfonamides is 1. The van der Waals surface area contributed by atoms with Gasteiger partial charge in [-0.3, -0.25) is 4.79 Å². The van der Waals surface area contributed by atoms with Gasteiger partial charge in [-0.2, -0.15) is 9.29 Å². The maximum absolute atomic E-state index is 12.2. The third-order valence-electron chi connectivity index (χ3n) is 4.40. The van der Waals surface area contributed by atoms with Gasteiger partial charge in [-0.15, -0.1) is 0 Å².